The number of hydrogen-bond donors (Lipinski definition) is 1. The average molecular weight is 379 g/mol. The number of carbonyl (C=O) groups excluding carboxylic acids is 1. The lowest BCUT2D eigenvalue weighted by Gasteiger charge is -2.30. The molecule has 0 saturated heterocycles. The molecule has 1 aliphatic rings. The van der Waals surface area contributed by atoms with Crippen molar-refractivity contribution in [1.82, 2.24) is 9.97 Å². The molecule has 0 unspecified atom stereocenters. The summed E-state index contributed by atoms with van der Waals surface area (Å²) in [6, 6.07) is 2.07. The summed E-state index contributed by atoms with van der Waals surface area (Å²) >= 11 is 1.33. The van der Waals surface area contributed by atoms with Crippen molar-refractivity contribution in [3.63, 3.8) is 0 Å². The third-order valence-electron chi connectivity index (χ3n) is 4.49. The first kappa shape index (κ1) is 18.6. The molecule has 8 heteroatoms. The number of halogens is 2. The molecule has 1 aromatic carbocycles. The largest absolute Gasteiger partial charge is 0.309 e. The lowest BCUT2D eigenvalue weighted by molar-refractivity contribution is -0.118. The summed E-state index contributed by atoms with van der Waals surface area (Å²) < 4.78 is 27.6. The van der Waals surface area contributed by atoms with Crippen LogP contribution >= 0.6 is 11.8 Å². The van der Waals surface area contributed by atoms with Crippen molar-refractivity contribution in [1.29, 1.82) is 0 Å². The second kappa shape index (κ2) is 7.57. The molecule has 1 aromatic heterocycles. The molecular weight excluding hydrogens is 360 g/mol. The SMILES string of the molecule is CSc1nc(C)c(CCC(=O)N2CCCc3cc(F)cc(F)c32)c(=O)[nH]1. The van der Waals surface area contributed by atoms with Gasteiger partial charge in [0.2, 0.25) is 5.91 Å². The zero-order valence-corrected chi connectivity index (χ0v) is 15.4. The number of benzene rings is 1. The number of amides is 1. The van der Waals surface area contributed by atoms with Crippen LogP contribution in [0.2, 0.25) is 0 Å². The third kappa shape index (κ3) is 3.65. The second-order valence-electron chi connectivity index (χ2n) is 6.18. The van der Waals surface area contributed by atoms with Gasteiger partial charge in [-0.2, -0.15) is 0 Å². The molecule has 2 aromatic rings. The van der Waals surface area contributed by atoms with E-state index in [2.05, 4.69) is 9.97 Å². The number of H-pyrrole nitrogens is 1. The van der Waals surface area contributed by atoms with Gasteiger partial charge in [0.25, 0.3) is 5.56 Å². The van der Waals surface area contributed by atoms with Crippen LogP contribution in [-0.2, 0) is 17.6 Å². The minimum atomic E-state index is -0.729. The van der Waals surface area contributed by atoms with Crippen molar-refractivity contribution < 1.29 is 13.6 Å². The first-order valence-electron chi connectivity index (χ1n) is 8.32. The summed E-state index contributed by atoms with van der Waals surface area (Å²) in [5, 5.41) is 0.525. The first-order chi connectivity index (χ1) is 12.4. The Morgan fingerprint density at radius 2 is 2.15 bits per heavy atom. The number of thioether (sulfide) groups is 1. The van der Waals surface area contributed by atoms with Gasteiger partial charge in [-0.25, -0.2) is 13.8 Å². The average Bonchev–Trinajstić information content (AvgIpc) is 2.59. The maximum Gasteiger partial charge on any atom is 0.254 e. The predicted molar refractivity (Wildman–Crippen MR) is 96.7 cm³/mol. The van der Waals surface area contributed by atoms with E-state index in [0.29, 0.717) is 41.4 Å². The van der Waals surface area contributed by atoms with Crippen molar-refractivity contribution in [3.8, 4) is 0 Å². The fourth-order valence-electron chi connectivity index (χ4n) is 3.24. The highest BCUT2D eigenvalue weighted by molar-refractivity contribution is 7.98. The van der Waals surface area contributed by atoms with Gasteiger partial charge in [0.1, 0.15) is 11.6 Å². The maximum absolute atomic E-state index is 14.2. The standard InChI is InChI=1S/C18H19F2N3O2S/c1-10-13(17(25)22-18(21-10)26-2)5-6-15(24)23-7-3-4-11-8-12(19)9-14(20)16(11)23/h8-9H,3-7H2,1-2H3,(H,21,22,25). The summed E-state index contributed by atoms with van der Waals surface area (Å²) in [5.41, 5.74) is 1.43. The van der Waals surface area contributed by atoms with Gasteiger partial charge in [-0.3, -0.25) is 9.59 Å². The van der Waals surface area contributed by atoms with Crippen LogP contribution in [0.1, 0.15) is 29.7 Å². The van der Waals surface area contributed by atoms with Crippen LogP contribution < -0.4 is 10.5 Å². The monoisotopic (exact) mass is 379 g/mol. The molecule has 5 nitrogen and oxygen atoms in total. The van der Waals surface area contributed by atoms with E-state index in [4.69, 9.17) is 0 Å². The zero-order valence-electron chi connectivity index (χ0n) is 14.6. The lowest BCUT2D eigenvalue weighted by Crippen LogP contribution is -2.36. The van der Waals surface area contributed by atoms with E-state index in [1.165, 1.54) is 22.7 Å². The summed E-state index contributed by atoms with van der Waals surface area (Å²) in [4.78, 5) is 33.1. The molecule has 2 heterocycles. The van der Waals surface area contributed by atoms with E-state index in [1.54, 1.807) is 6.92 Å². The van der Waals surface area contributed by atoms with E-state index in [9.17, 15) is 18.4 Å². The first-order valence-corrected chi connectivity index (χ1v) is 9.55. The molecule has 26 heavy (non-hydrogen) atoms. The van der Waals surface area contributed by atoms with E-state index < -0.39 is 11.6 Å². The van der Waals surface area contributed by atoms with Gasteiger partial charge in [-0.05, 0) is 44.1 Å². The fourth-order valence-corrected chi connectivity index (χ4v) is 3.67. The molecule has 0 atom stereocenters. The topological polar surface area (TPSA) is 66.1 Å². The lowest BCUT2D eigenvalue weighted by atomic mass is 10.00. The molecule has 3 rings (SSSR count). The van der Waals surface area contributed by atoms with E-state index in [1.807, 2.05) is 6.26 Å². The zero-order chi connectivity index (χ0) is 18.8. The van der Waals surface area contributed by atoms with Crippen molar-refractivity contribution >= 4 is 23.4 Å². The molecule has 138 valence electrons. The molecule has 0 aliphatic carbocycles. The van der Waals surface area contributed by atoms with Gasteiger partial charge >= 0.3 is 0 Å². The van der Waals surface area contributed by atoms with Gasteiger partial charge in [-0.15, -0.1) is 0 Å². The number of nitrogens with one attached hydrogen (secondary N) is 1. The predicted octanol–water partition coefficient (Wildman–Crippen LogP) is 2.99. The van der Waals surface area contributed by atoms with Gasteiger partial charge in [-0.1, -0.05) is 11.8 Å². The Labute approximate surface area is 153 Å². The smallest absolute Gasteiger partial charge is 0.254 e. The van der Waals surface area contributed by atoms with Crippen molar-refractivity contribution in [3.05, 3.63) is 50.9 Å². The molecule has 0 spiro atoms. The number of anilines is 1. The van der Waals surface area contributed by atoms with E-state index in [-0.39, 0.29) is 30.0 Å². The Morgan fingerprint density at radius 3 is 2.85 bits per heavy atom. The number of fused-ring (bicyclic) bond motifs is 1. The molecule has 0 saturated carbocycles. The Morgan fingerprint density at radius 1 is 1.38 bits per heavy atom. The van der Waals surface area contributed by atoms with Gasteiger partial charge in [0.05, 0.1) is 5.69 Å². The highest BCUT2D eigenvalue weighted by Crippen LogP contribution is 2.31. The molecule has 0 radical (unpaired) electrons. The quantitative estimate of drug-likeness (QED) is 0.655. The van der Waals surface area contributed by atoms with Crippen molar-refractivity contribution in [2.24, 2.45) is 0 Å². The summed E-state index contributed by atoms with van der Waals surface area (Å²) in [6.45, 7) is 2.11. The van der Waals surface area contributed by atoms with E-state index in [0.717, 1.165) is 6.07 Å². The molecule has 1 N–H and O–H groups in total. The Kier molecular flexibility index (Phi) is 5.41. The van der Waals surface area contributed by atoms with Crippen LogP contribution in [0.5, 0.6) is 0 Å². The number of aromatic amines is 1. The number of aromatic nitrogens is 2. The number of hydrogen-bond acceptors (Lipinski definition) is 4. The van der Waals surface area contributed by atoms with Crippen LogP contribution in [0, 0.1) is 18.6 Å². The van der Waals surface area contributed by atoms with Gasteiger partial charge in [0.15, 0.2) is 5.16 Å². The summed E-state index contributed by atoms with van der Waals surface area (Å²) in [7, 11) is 0. The Balaban J connectivity index is 1.80. The molecule has 1 aliphatic heterocycles. The maximum atomic E-state index is 14.2. The summed E-state index contributed by atoms with van der Waals surface area (Å²) in [6.07, 6.45) is 3.26. The number of carbonyl (C=O) groups is 1. The minimum Gasteiger partial charge on any atom is -0.309 e. The fraction of sp³-hybridized carbons (Fsp3) is 0.389. The van der Waals surface area contributed by atoms with Crippen molar-refractivity contribution in [2.45, 2.75) is 37.8 Å². The summed E-state index contributed by atoms with van der Waals surface area (Å²) in [5.74, 6) is -1.66. The number of rotatable bonds is 4. The molecule has 0 bridgehead atoms. The van der Waals surface area contributed by atoms with Crippen LogP contribution in [0.3, 0.4) is 0 Å². The second-order valence-corrected chi connectivity index (χ2v) is 6.98. The molecular formula is C18H19F2N3O2S. The Bertz CT molecular complexity index is 914. The number of aryl methyl sites for hydroxylation is 2. The normalized spacial score (nSPS) is 13.6. The molecule has 1 amide bonds. The van der Waals surface area contributed by atoms with Crippen LogP contribution in [0.4, 0.5) is 14.5 Å². The van der Waals surface area contributed by atoms with Crippen LogP contribution in [0.15, 0.2) is 22.1 Å². The Hall–Kier alpha value is -2.22. The van der Waals surface area contributed by atoms with Gasteiger partial charge in [0, 0.05) is 30.3 Å². The molecule has 0 fully saturated rings. The van der Waals surface area contributed by atoms with Crippen LogP contribution in [0.25, 0.3) is 0 Å². The highest BCUT2D eigenvalue weighted by atomic mass is 32.2. The minimum absolute atomic E-state index is 0.0560. The van der Waals surface area contributed by atoms with Crippen molar-refractivity contribution in [2.75, 3.05) is 17.7 Å². The van der Waals surface area contributed by atoms with Crippen LogP contribution in [-0.4, -0.2) is 28.7 Å². The van der Waals surface area contributed by atoms with Gasteiger partial charge < -0.3 is 9.88 Å². The highest BCUT2D eigenvalue weighted by Gasteiger charge is 2.26. The number of nitrogens with zero attached hydrogens (tertiary/aromatic N) is 2. The van der Waals surface area contributed by atoms with E-state index >= 15 is 0 Å². The third-order valence-corrected chi connectivity index (χ3v) is 5.07.